The molecule has 1 aliphatic heterocycles. The monoisotopic (exact) mass is 389 g/mol. The van der Waals surface area contributed by atoms with Crippen LogP contribution < -0.4 is 16.0 Å². The van der Waals surface area contributed by atoms with E-state index in [1.54, 1.807) is 7.05 Å². The van der Waals surface area contributed by atoms with Crippen LogP contribution in [0.2, 0.25) is 0 Å². The van der Waals surface area contributed by atoms with Crippen molar-refractivity contribution in [3.63, 3.8) is 0 Å². The largest absolute Gasteiger partial charge is 0.380 e. The number of aliphatic imine (C=N–C) groups is 1. The molecule has 1 saturated heterocycles. The van der Waals surface area contributed by atoms with Crippen LogP contribution in [0, 0.1) is 5.92 Å². The summed E-state index contributed by atoms with van der Waals surface area (Å²) in [6, 6.07) is 7.87. The fraction of sp³-hybridized carbons (Fsp3) is 0.619. The van der Waals surface area contributed by atoms with E-state index in [1.807, 2.05) is 29.2 Å². The Labute approximate surface area is 168 Å². The zero-order chi connectivity index (χ0) is 20.2. The van der Waals surface area contributed by atoms with Crippen LogP contribution in [-0.2, 0) is 11.3 Å². The third-order valence-corrected chi connectivity index (χ3v) is 4.63. The molecule has 2 amide bonds. The van der Waals surface area contributed by atoms with Crippen molar-refractivity contribution in [1.82, 2.24) is 15.5 Å². The highest BCUT2D eigenvalue weighted by molar-refractivity contribution is 5.89. The second-order valence-electron chi connectivity index (χ2n) is 7.47. The van der Waals surface area contributed by atoms with Crippen LogP contribution in [0.3, 0.4) is 0 Å². The lowest BCUT2D eigenvalue weighted by atomic mass is 10.1. The van der Waals surface area contributed by atoms with Crippen molar-refractivity contribution in [2.24, 2.45) is 10.9 Å². The lowest BCUT2D eigenvalue weighted by Gasteiger charge is -2.17. The normalized spacial score (nSPS) is 14.4. The third kappa shape index (κ3) is 8.17. The molecule has 2 rings (SSSR count). The van der Waals surface area contributed by atoms with Gasteiger partial charge in [0.15, 0.2) is 5.96 Å². The molecule has 1 heterocycles. The Morgan fingerprint density at radius 1 is 1.21 bits per heavy atom. The van der Waals surface area contributed by atoms with Crippen LogP contribution in [0.5, 0.6) is 0 Å². The molecule has 7 nitrogen and oxygen atoms in total. The van der Waals surface area contributed by atoms with Gasteiger partial charge in [0.2, 0.25) is 0 Å². The second kappa shape index (κ2) is 12.2. The number of benzene rings is 1. The van der Waals surface area contributed by atoms with Gasteiger partial charge in [-0.1, -0.05) is 26.0 Å². The predicted octanol–water partition coefficient (Wildman–Crippen LogP) is 3.04. The maximum atomic E-state index is 12.2. The summed E-state index contributed by atoms with van der Waals surface area (Å²) < 4.78 is 5.61. The number of hydrogen-bond acceptors (Lipinski definition) is 3. The van der Waals surface area contributed by atoms with Crippen molar-refractivity contribution in [1.29, 1.82) is 0 Å². The lowest BCUT2D eigenvalue weighted by molar-refractivity contribution is 0.128. The number of urea groups is 1. The fourth-order valence-electron chi connectivity index (χ4n) is 2.95. The van der Waals surface area contributed by atoms with Gasteiger partial charge in [0, 0.05) is 45.5 Å². The van der Waals surface area contributed by atoms with Gasteiger partial charge in [0.25, 0.3) is 0 Å². The first-order chi connectivity index (χ1) is 13.6. The van der Waals surface area contributed by atoms with Crippen LogP contribution in [0.25, 0.3) is 0 Å². The van der Waals surface area contributed by atoms with E-state index >= 15 is 0 Å². The Balaban J connectivity index is 1.71. The van der Waals surface area contributed by atoms with Gasteiger partial charge >= 0.3 is 6.03 Å². The van der Waals surface area contributed by atoms with E-state index in [0.717, 1.165) is 56.2 Å². The number of anilines is 1. The number of carbonyl (C=O) groups is 1. The summed E-state index contributed by atoms with van der Waals surface area (Å²) >= 11 is 0. The highest BCUT2D eigenvalue weighted by atomic mass is 16.5. The van der Waals surface area contributed by atoms with Gasteiger partial charge in [0.05, 0.1) is 6.61 Å². The smallest absolute Gasteiger partial charge is 0.321 e. The first kappa shape index (κ1) is 22.0. The highest BCUT2D eigenvalue weighted by Crippen LogP contribution is 2.14. The van der Waals surface area contributed by atoms with Crippen molar-refractivity contribution in [3.05, 3.63) is 29.8 Å². The minimum absolute atomic E-state index is 0.0162. The Bertz CT molecular complexity index is 627. The van der Waals surface area contributed by atoms with Crippen LogP contribution in [-0.4, -0.2) is 56.8 Å². The van der Waals surface area contributed by atoms with E-state index in [1.165, 1.54) is 0 Å². The third-order valence-electron chi connectivity index (χ3n) is 4.63. The standard InChI is InChI=1S/C21H35N5O2/c1-17(2)9-13-28-14-10-23-20(22-3)24-16-18-7-6-8-19(15-18)25-21(27)26-11-4-5-12-26/h6-8,15,17H,4-5,9-14,16H2,1-3H3,(H,25,27)(H2,22,23,24). The summed E-state index contributed by atoms with van der Waals surface area (Å²) in [7, 11) is 1.75. The second-order valence-corrected chi connectivity index (χ2v) is 7.47. The molecule has 0 bridgehead atoms. The highest BCUT2D eigenvalue weighted by Gasteiger charge is 2.17. The minimum Gasteiger partial charge on any atom is -0.380 e. The van der Waals surface area contributed by atoms with Crippen molar-refractivity contribution in [2.45, 2.75) is 39.7 Å². The molecule has 1 fully saturated rings. The average molecular weight is 390 g/mol. The van der Waals surface area contributed by atoms with E-state index in [4.69, 9.17) is 4.74 Å². The molecule has 3 N–H and O–H groups in total. The Kier molecular flexibility index (Phi) is 9.62. The molecule has 0 spiro atoms. The molecule has 0 unspecified atom stereocenters. The number of ether oxygens (including phenoxy) is 1. The lowest BCUT2D eigenvalue weighted by Crippen LogP contribution is -2.38. The maximum absolute atomic E-state index is 12.2. The number of nitrogens with zero attached hydrogens (tertiary/aromatic N) is 2. The van der Waals surface area contributed by atoms with Crippen molar-refractivity contribution >= 4 is 17.7 Å². The summed E-state index contributed by atoms with van der Waals surface area (Å²) in [6.07, 6.45) is 3.26. The molecule has 0 aromatic heterocycles. The molecule has 28 heavy (non-hydrogen) atoms. The molecule has 7 heteroatoms. The number of guanidine groups is 1. The summed E-state index contributed by atoms with van der Waals surface area (Å²) in [5.74, 6) is 1.40. The first-order valence-corrected chi connectivity index (χ1v) is 10.3. The van der Waals surface area contributed by atoms with E-state index in [9.17, 15) is 4.79 Å². The summed E-state index contributed by atoms with van der Waals surface area (Å²) in [6.45, 7) is 8.87. The van der Waals surface area contributed by atoms with Gasteiger partial charge in [-0.2, -0.15) is 0 Å². The van der Waals surface area contributed by atoms with E-state index in [0.29, 0.717) is 25.6 Å². The number of rotatable bonds is 9. The molecular formula is C21H35N5O2. The number of carbonyl (C=O) groups excluding carboxylic acids is 1. The number of amides is 2. The molecule has 156 valence electrons. The first-order valence-electron chi connectivity index (χ1n) is 10.3. The average Bonchev–Trinajstić information content (AvgIpc) is 3.22. The maximum Gasteiger partial charge on any atom is 0.321 e. The molecule has 1 aromatic carbocycles. The SMILES string of the molecule is CN=C(NCCOCCC(C)C)NCc1cccc(NC(=O)N2CCCC2)c1. The van der Waals surface area contributed by atoms with Crippen molar-refractivity contribution < 1.29 is 9.53 Å². The van der Waals surface area contributed by atoms with Crippen LogP contribution in [0.15, 0.2) is 29.3 Å². The zero-order valence-corrected chi connectivity index (χ0v) is 17.5. The van der Waals surface area contributed by atoms with Gasteiger partial charge in [0.1, 0.15) is 0 Å². The minimum atomic E-state index is -0.0162. The van der Waals surface area contributed by atoms with Crippen LogP contribution in [0.1, 0.15) is 38.7 Å². The van der Waals surface area contributed by atoms with Gasteiger partial charge in [-0.15, -0.1) is 0 Å². The van der Waals surface area contributed by atoms with Crippen molar-refractivity contribution in [3.8, 4) is 0 Å². The zero-order valence-electron chi connectivity index (χ0n) is 17.5. The molecule has 0 saturated carbocycles. The quantitative estimate of drug-likeness (QED) is 0.345. The number of likely N-dealkylation sites (tertiary alicyclic amines) is 1. The molecule has 0 aliphatic carbocycles. The summed E-state index contributed by atoms with van der Waals surface area (Å²) in [4.78, 5) is 18.3. The Morgan fingerprint density at radius 2 is 2.00 bits per heavy atom. The Hall–Kier alpha value is -2.28. The van der Waals surface area contributed by atoms with Crippen LogP contribution in [0.4, 0.5) is 10.5 Å². The molecule has 1 aliphatic rings. The predicted molar refractivity (Wildman–Crippen MR) is 115 cm³/mol. The van der Waals surface area contributed by atoms with Crippen molar-refractivity contribution in [2.75, 3.05) is 45.2 Å². The van der Waals surface area contributed by atoms with Gasteiger partial charge < -0.3 is 25.6 Å². The fourth-order valence-corrected chi connectivity index (χ4v) is 2.95. The van der Waals surface area contributed by atoms with Crippen LogP contribution >= 0.6 is 0 Å². The topological polar surface area (TPSA) is 78.0 Å². The number of hydrogen-bond donors (Lipinski definition) is 3. The van der Waals surface area contributed by atoms with Gasteiger partial charge in [-0.25, -0.2) is 4.79 Å². The molecular weight excluding hydrogens is 354 g/mol. The molecule has 0 radical (unpaired) electrons. The molecule has 1 aromatic rings. The molecule has 0 atom stereocenters. The van der Waals surface area contributed by atoms with E-state index in [2.05, 4.69) is 34.8 Å². The Morgan fingerprint density at radius 3 is 2.71 bits per heavy atom. The van der Waals surface area contributed by atoms with Gasteiger partial charge in [-0.3, -0.25) is 4.99 Å². The summed E-state index contributed by atoms with van der Waals surface area (Å²) in [5, 5.41) is 9.52. The number of nitrogens with one attached hydrogen (secondary N) is 3. The van der Waals surface area contributed by atoms with E-state index < -0.39 is 0 Å². The summed E-state index contributed by atoms with van der Waals surface area (Å²) in [5.41, 5.74) is 1.90. The van der Waals surface area contributed by atoms with Gasteiger partial charge in [-0.05, 0) is 42.9 Å². The van der Waals surface area contributed by atoms with E-state index in [-0.39, 0.29) is 6.03 Å².